The van der Waals surface area contributed by atoms with Gasteiger partial charge in [-0.2, -0.15) is 0 Å². The average Bonchev–Trinajstić information content (AvgIpc) is 2.77. The first-order valence-corrected chi connectivity index (χ1v) is 12.0. The van der Waals surface area contributed by atoms with Crippen LogP contribution in [0.3, 0.4) is 0 Å². The number of nitrogens with zero attached hydrogens (tertiary/aromatic N) is 1. The Morgan fingerprint density at radius 2 is 1.61 bits per heavy atom. The molecule has 0 saturated heterocycles. The minimum Gasteiger partial charge on any atom is -0.248 e. The Balaban J connectivity index is 2.68. The van der Waals surface area contributed by atoms with Crippen molar-refractivity contribution in [2.75, 3.05) is 0 Å². The van der Waals surface area contributed by atoms with E-state index in [4.69, 9.17) is 4.98 Å². The van der Waals surface area contributed by atoms with E-state index in [2.05, 4.69) is 79.0 Å². The van der Waals surface area contributed by atoms with Crippen molar-refractivity contribution in [1.82, 2.24) is 4.98 Å². The second kappa shape index (κ2) is 11.8. The number of hydrogen-bond acceptors (Lipinski definition) is 1. The van der Waals surface area contributed by atoms with Gasteiger partial charge in [-0.15, -0.1) is 6.58 Å². The molecule has 0 radical (unpaired) electrons. The van der Waals surface area contributed by atoms with Gasteiger partial charge in [-0.25, -0.2) is 4.98 Å². The predicted octanol–water partition coefficient (Wildman–Crippen LogP) is 8.96. The fourth-order valence-corrected chi connectivity index (χ4v) is 4.41. The van der Waals surface area contributed by atoms with E-state index >= 15 is 0 Å². The molecule has 1 heteroatoms. The minimum atomic E-state index is 1.000. The number of aryl methyl sites for hydroxylation is 2. The zero-order valence-corrected chi connectivity index (χ0v) is 20.7. The molecule has 0 aliphatic carbocycles. The molecule has 2 aromatic rings. The van der Waals surface area contributed by atoms with Crippen molar-refractivity contribution in [2.45, 2.75) is 86.5 Å². The third kappa shape index (κ3) is 6.06. The summed E-state index contributed by atoms with van der Waals surface area (Å²) in [6, 6.07) is 6.77. The Kier molecular flexibility index (Phi) is 9.49. The molecule has 0 bridgehead atoms. The maximum absolute atomic E-state index is 5.17. The molecule has 0 amide bonds. The quantitative estimate of drug-likeness (QED) is 0.263. The molecule has 1 heterocycles. The molecular weight excluding hydrogens is 374 g/mol. The highest BCUT2D eigenvalue weighted by Gasteiger charge is 2.15. The molecule has 0 fully saturated rings. The van der Waals surface area contributed by atoms with E-state index in [1.807, 2.05) is 6.08 Å². The van der Waals surface area contributed by atoms with Crippen molar-refractivity contribution >= 4 is 16.5 Å². The molecule has 0 aliphatic rings. The zero-order valence-electron chi connectivity index (χ0n) is 20.7. The Morgan fingerprint density at radius 1 is 0.903 bits per heavy atom. The second-order valence-corrected chi connectivity index (χ2v) is 8.62. The van der Waals surface area contributed by atoms with Crippen LogP contribution in [0, 0.1) is 0 Å². The standard InChI is InChI=1S/C30H41N/c1-9-14-25(24(11-3)17-15-21(6)7)19-22(8)30-27(13-5)26(12-4)28-20-23(10-2)16-18-29(28)31-30/h11,16,18-20H,3,6,9-10,12-15,17H2,1-2,4-5,7-8H3/b22-19+,25-24+. The van der Waals surface area contributed by atoms with Crippen LogP contribution in [0.25, 0.3) is 16.5 Å². The summed E-state index contributed by atoms with van der Waals surface area (Å²) in [5.74, 6) is 0. The zero-order chi connectivity index (χ0) is 23.0. The number of benzene rings is 1. The molecule has 1 aromatic heterocycles. The summed E-state index contributed by atoms with van der Waals surface area (Å²) in [5, 5.41) is 1.33. The Labute approximate surface area is 190 Å². The van der Waals surface area contributed by atoms with Crippen LogP contribution < -0.4 is 0 Å². The molecule has 1 nitrogen and oxygen atoms in total. The topological polar surface area (TPSA) is 12.9 Å². The number of rotatable bonds is 11. The second-order valence-electron chi connectivity index (χ2n) is 8.62. The van der Waals surface area contributed by atoms with Crippen LogP contribution in [-0.2, 0) is 19.3 Å². The smallest absolute Gasteiger partial charge is 0.0712 e. The first-order valence-electron chi connectivity index (χ1n) is 12.0. The fraction of sp³-hybridized carbons (Fsp3) is 0.433. The molecule has 0 N–H and O–H groups in total. The highest BCUT2D eigenvalue weighted by molar-refractivity contribution is 5.87. The van der Waals surface area contributed by atoms with Crippen LogP contribution >= 0.6 is 0 Å². The van der Waals surface area contributed by atoms with Crippen molar-refractivity contribution in [3.8, 4) is 0 Å². The molecule has 0 unspecified atom stereocenters. The van der Waals surface area contributed by atoms with Gasteiger partial charge < -0.3 is 0 Å². The van der Waals surface area contributed by atoms with Crippen LogP contribution in [-0.4, -0.2) is 4.98 Å². The lowest BCUT2D eigenvalue weighted by atomic mass is 9.91. The van der Waals surface area contributed by atoms with Gasteiger partial charge in [0.25, 0.3) is 0 Å². The summed E-state index contributed by atoms with van der Waals surface area (Å²) in [7, 11) is 0. The van der Waals surface area contributed by atoms with E-state index in [9.17, 15) is 0 Å². The van der Waals surface area contributed by atoms with E-state index in [0.29, 0.717) is 0 Å². The van der Waals surface area contributed by atoms with Gasteiger partial charge in [0.1, 0.15) is 0 Å². The number of pyridine rings is 1. The minimum absolute atomic E-state index is 1.000. The highest BCUT2D eigenvalue weighted by atomic mass is 14.7. The predicted molar refractivity (Wildman–Crippen MR) is 140 cm³/mol. The van der Waals surface area contributed by atoms with Gasteiger partial charge in [-0.3, -0.25) is 0 Å². The number of fused-ring (bicyclic) bond motifs is 1. The van der Waals surface area contributed by atoms with Crippen LogP contribution in [0.4, 0.5) is 0 Å². The average molecular weight is 416 g/mol. The van der Waals surface area contributed by atoms with Gasteiger partial charge in [0.05, 0.1) is 11.2 Å². The highest BCUT2D eigenvalue weighted by Crippen LogP contribution is 2.31. The van der Waals surface area contributed by atoms with Gasteiger partial charge in [0.2, 0.25) is 0 Å². The number of aromatic nitrogens is 1. The van der Waals surface area contributed by atoms with Gasteiger partial charge in [0.15, 0.2) is 0 Å². The monoisotopic (exact) mass is 415 g/mol. The molecule has 0 aliphatic heterocycles. The van der Waals surface area contributed by atoms with Gasteiger partial charge in [-0.05, 0) is 97.9 Å². The maximum atomic E-state index is 5.17. The summed E-state index contributed by atoms with van der Waals surface area (Å²) in [6.45, 7) is 21.5. The van der Waals surface area contributed by atoms with Gasteiger partial charge in [-0.1, -0.05) is 64.5 Å². The normalized spacial score (nSPS) is 12.8. The Hall–Kier alpha value is -2.41. The van der Waals surface area contributed by atoms with Crippen molar-refractivity contribution in [3.05, 3.63) is 82.6 Å². The molecule has 0 saturated carbocycles. The summed E-state index contributed by atoms with van der Waals surface area (Å²) >= 11 is 0. The Bertz CT molecular complexity index is 1000. The van der Waals surface area contributed by atoms with Crippen molar-refractivity contribution in [2.24, 2.45) is 0 Å². The SMILES string of the molecule is C=C/C(CCC(=C)C)=C(\C=C(/C)c1nc2ccc(CC)cc2c(CC)c1CC)CCC. The third-order valence-corrected chi connectivity index (χ3v) is 6.15. The molecule has 0 atom stereocenters. The molecule has 166 valence electrons. The van der Waals surface area contributed by atoms with Gasteiger partial charge >= 0.3 is 0 Å². The summed E-state index contributed by atoms with van der Waals surface area (Å²) in [6.07, 6.45) is 11.7. The van der Waals surface area contributed by atoms with Crippen LogP contribution in [0.15, 0.2) is 60.2 Å². The van der Waals surface area contributed by atoms with Crippen LogP contribution in [0.5, 0.6) is 0 Å². The molecule has 0 spiro atoms. The van der Waals surface area contributed by atoms with Crippen LogP contribution in [0.2, 0.25) is 0 Å². The third-order valence-electron chi connectivity index (χ3n) is 6.15. The van der Waals surface area contributed by atoms with Gasteiger partial charge in [0, 0.05) is 5.39 Å². The lowest BCUT2D eigenvalue weighted by Crippen LogP contribution is -2.03. The molecular formula is C30H41N. The first kappa shape index (κ1) is 24.9. The number of hydrogen-bond donors (Lipinski definition) is 0. The molecule has 1 aromatic carbocycles. The van der Waals surface area contributed by atoms with E-state index in [1.54, 1.807) is 0 Å². The molecule has 2 rings (SSSR count). The van der Waals surface area contributed by atoms with E-state index < -0.39 is 0 Å². The number of allylic oxidation sites excluding steroid dienone is 6. The first-order chi connectivity index (χ1) is 14.9. The van der Waals surface area contributed by atoms with Crippen molar-refractivity contribution in [1.29, 1.82) is 0 Å². The summed E-state index contributed by atoms with van der Waals surface area (Å²) in [4.78, 5) is 5.17. The summed E-state index contributed by atoms with van der Waals surface area (Å²) in [5.41, 5.74) is 11.7. The van der Waals surface area contributed by atoms with E-state index in [-0.39, 0.29) is 0 Å². The van der Waals surface area contributed by atoms with Crippen molar-refractivity contribution < 1.29 is 0 Å². The lowest BCUT2D eigenvalue weighted by Gasteiger charge is -2.17. The molecule has 31 heavy (non-hydrogen) atoms. The lowest BCUT2D eigenvalue weighted by molar-refractivity contribution is 0.880. The largest absolute Gasteiger partial charge is 0.248 e. The van der Waals surface area contributed by atoms with Crippen LogP contribution in [0.1, 0.15) is 89.6 Å². The van der Waals surface area contributed by atoms with Crippen molar-refractivity contribution in [3.63, 3.8) is 0 Å². The maximum Gasteiger partial charge on any atom is 0.0712 e. The van der Waals surface area contributed by atoms with E-state index in [1.165, 1.54) is 44.4 Å². The summed E-state index contributed by atoms with van der Waals surface area (Å²) < 4.78 is 0. The van der Waals surface area contributed by atoms with E-state index in [0.717, 1.165) is 56.2 Å². The fourth-order valence-electron chi connectivity index (χ4n) is 4.41. The Morgan fingerprint density at radius 3 is 2.16 bits per heavy atom.